The van der Waals surface area contributed by atoms with Crippen LogP contribution in [0.15, 0.2) is 24.9 Å². The van der Waals surface area contributed by atoms with Gasteiger partial charge in [0.2, 0.25) is 5.95 Å². The van der Waals surface area contributed by atoms with Gasteiger partial charge in [-0.15, -0.1) is 0 Å². The molecule has 1 aliphatic heterocycles. The molecular weight excluding hydrogens is 306 g/mol. The standard InChI is InChI=1S/C15H19N9/c1-2-16-11-3-4-17-15(22-11)24-7-5-23(6-8-24)14-12-13(19-9-18-12)20-10-21-14/h3-4,9-10H,2,5-8H2,1H3,(H,16,17,22)(H,18,19,20,21). The van der Waals surface area contributed by atoms with Crippen molar-refractivity contribution in [3.63, 3.8) is 0 Å². The van der Waals surface area contributed by atoms with Crippen molar-refractivity contribution in [1.29, 1.82) is 0 Å². The van der Waals surface area contributed by atoms with Crippen molar-refractivity contribution < 1.29 is 0 Å². The Morgan fingerprint density at radius 2 is 1.92 bits per heavy atom. The van der Waals surface area contributed by atoms with Crippen LogP contribution in [-0.4, -0.2) is 62.6 Å². The zero-order chi connectivity index (χ0) is 16.4. The third kappa shape index (κ3) is 2.68. The van der Waals surface area contributed by atoms with Gasteiger partial charge in [-0.2, -0.15) is 4.98 Å². The summed E-state index contributed by atoms with van der Waals surface area (Å²) in [6, 6.07) is 1.89. The fourth-order valence-electron chi connectivity index (χ4n) is 2.89. The average molecular weight is 325 g/mol. The Balaban J connectivity index is 1.49. The maximum absolute atomic E-state index is 4.57. The predicted octanol–water partition coefficient (Wildman–Crippen LogP) is 0.901. The Hall–Kier alpha value is -2.97. The van der Waals surface area contributed by atoms with Gasteiger partial charge < -0.3 is 20.1 Å². The monoisotopic (exact) mass is 325 g/mol. The van der Waals surface area contributed by atoms with Gasteiger partial charge >= 0.3 is 0 Å². The van der Waals surface area contributed by atoms with Gasteiger partial charge in [-0.1, -0.05) is 0 Å². The molecule has 1 fully saturated rings. The van der Waals surface area contributed by atoms with Crippen LogP contribution in [0.2, 0.25) is 0 Å². The van der Waals surface area contributed by atoms with E-state index in [-0.39, 0.29) is 0 Å². The highest BCUT2D eigenvalue weighted by Gasteiger charge is 2.22. The second-order valence-electron chi connectivity index (χ2n) is 5.54. The molecule has 9 heteroatoms. The van der Waals surface area contributed by atoms with Crippen LogP contribution in [0.25, 0.3) is 11.2 Å². The van der Waals surface area contributed by atoms with E-state index in [2.05, 4.69) is 51.9 Å². The molecule has 0 spiro atoms. The number of hydrogen-bond acceptors (Lipinski definition) is 8. The van der Waals surface area contributed by atoms with Crippen molar-refractivity contribution in [3.05, 3.63) is 24.9 Å². The molecule has 0 bridgehead atoms. The van der Waals surface area contributed by atoms with Crippen LogP contribution in [0.3, 0.4) is 0 Å². The normalized spacial score (nSPS) is 15.0. The van der Waals surface area contributed by atoms with Crippen molar-refractivity contribution in [1.82, 2.24) is 29.9 Å². The second-order valence-corrected chi connectivity index (χ2v) is 5.54. The van der Waals surface area contributed by atoms with E-state index in [1.165, 1.54) is 0 Å². The molecule has 0 atom stereocenters. The maximum atomic E-state index is 4.57. The molecule has 3 aromatic heterocycles. The first kappa shape index (κ1) is 14.6. The lowest BCUT2D eigenvalue weighted by atomic mass is 10.3. The van der Waals surface area contributed by atoms with E-state index in [1.807, 2.05) is 6.07 Å². The number of anilines is 3. The average Bonchev–Trinajstić information content (AvgIpc) is 3.11. The Bertz CT molecular complexity index is 822. The summed E-state index contributed by atoms with van der Waals surface area (Å²) in [4.78, 5) is 29.3. The fraction of sp³-hybridized carbons (Fsp3) is 0.400. The number of aromatic amines is 1. The molecule has 9 nitrogen and oxygen atoms in total. The summed E-state index contributed by atoms with van der Waals surface area (Å²) in [5.41, 5.74) is 1.58. The third-order valence-corrected chi connectivity index (χ3v) is 4.07. The van der Waals surface area contributed by atoms with E-state index in [9.17, 15) is 0 Å². The number of H-pyrrole nitrogens is 1. The molecule has 1 saturated heterocycles. The summed E-state index contributed by atoms with van der Waals surface area (Å²) in [6.07, 6.45) is 5.01. The Labute approximate surface area is 139 Å². The molecule has 4 rings (SSSR count). The molecule has 24 heavy (non-hydrogen) atoms. The number of hydrogen-bond donors (Lipinski definition) is 2. The molecule has 4 heterocycles. The summed E-state index contributed by atoms with van der Waals surface area (Å²) < 4.78 is 0. The number of nitrogens with zero attached hydrogens (tertiary/aromatic N) is 7. The second kappa shape index (κ2) is 6.26. The minimum absolute atomic E-state index is 0.698. The highest BCUT2D eigenvalue weighted by Crippen LogP contribution is 2.22. The molecule has 3 aromatic rings. The molecule has 124 valence electrons. The third-order valence-electron chi connectivity index (χ3n) is 4.07. The number of rotatable bonds is 4. The number of imidazole rings is 1. The van der Waals surface area contributed by atoms with Crippen LogP contribution in [0.4, 0.5) is 17.6 Å². The quantitative estimate of drug-likeness (QED) is 0.730. The zero-order valence-corrected chi connectivity index (χ0v) is 13.5. The molecule has 0 aromatic carbocycles. The van der Waals surface area contributed by atoms with Crippen molar-refractivity contribution in [2.45, 2.75) is 6.92 Å². The molecule has 0 amide bonds. The number of piperazine rings is 1. The van der Waals surface area contributed by atoms with Crippen molar-refractivity contribution in [2.24, 2.45) is 0 Å². The lowest BCUT2D eigenvalue weighted by Gasteiger charge is -2.35. The minimum atomic E-state index is 0.698. The lowest BCUT2D eigenvalue weighted by molar-refractivity contribution is 0.635. The summed E-state index contributed by atoms with van der Waals surface area (Å²) in [7, 11) is 0. The largest absolute Gasteiger partial charge is 0.370 e. The van der Waals surface area contributed by atoms with Crippen LogP contribution in [-0.2, 0) is 0 Å². The maximum Gasteiger partial charge on any atom is 0.227 e. The van der Waals surface area contributed by atoms with Crippen molar-refractivity contribution in [3.8, 4) is 0 Å². The Kier molecular flexibility index (Phi) is 3.81. The van der Waals surface area contributed by atoms with E-state index in [0.29, 0.717) is 5.65 Å². The summed E-state index contributed by atoms with van der Waals surface area (Å²) >= 11 is 0. The van der Waals surface area contributed by atoms with E-state index in [0.717, 1.165) is 55.8 Å². The fourth-order valence-corrected chi connectivity index (χ4v) is 2.89. The highest BCUT2D eigenvalue weighted by atomic mass is 15.3. The van der Waals surface area contributed by atoms with Gasteiger partial charge in [0.25, 0.3) is 0 Å². The summed E-state index contributed by atoms with van der Waals surface area (Å²) in [6.45, 7) is 6.28. The Morgan fingerprint density at radius 1 is 1.08 bits per heavy atom. The van der Waals surface area contributed by atoms with Crippen molar-refractivity contribution >= 4 is 28.7 Å². The van der Waals surface area contributed by atoms with Crippen LogP contribution in [0.5, 0.6) is 0 Å². The Morgan fingerprint density at radius 3 is 2.75 bits per heavy atom. The van der Waals surface area contributed by atoms with E-state index in [1.54, 1.807) is 18.9 Å². The number of aromatic nitrogens is 6. The van der Waals surface area contributed by atoms with Gasteiger partial charge in [-0.3, -0.25) is 0 Å². The molecule has 0 radical (unpaired) electrons. The first-order valence-corrected chi connectivity index (χ1v) is 8.06. The van der Waals surface area contributed by atoms with Crippen LogP contribution < -0.4 is 15.1 Å². The topological polar surface area (TPSA) is 98.8 Å². The first-order valence-electron chi connectivity index (χ1n) is 8.06. The first-order chi connectivity index (χ1) is 11.8. The van der Waals surface area contributed by atoms with E-state index in [4.69, 9.17) is 0 Å². The van der Waals surface area contributed by atoms with Crippen LogP contribution in [0, 0.1) is 0 Å². The van der Waals surface area contributed by atoms with E-state index >= 15 is 0 Å². The van der Waals surface area contributed by atoms with E-state index < -0.39 is 0 Å². The van der Waals surface area contributed by atoms with Gasteiger partial charge in [0.05, 0.1) is 6.33 Å². The molecule has 0 saturated carbocycles. The van der Waals surface area contributed by atoms with Crippen LogP contribution in [0.1, 0.15) is 6.92 Å². The summed E-state index contributed by atoms with van der Waals surface area (Å²) in [5, 5.41) is 3.22. The SMILES string of the molecule is CCNc1ccnc(N2CCN(c3ncnc4nc[nH]c34)CC2)n1. The molecule has 2 N–H and O–H groups in total. The van der Waals surface area contributed by atoms with Crippen molar-refractivity contribution in [2.75, 3.05) is 47.8 Å². The minimum Gasteiger partial charge on any atom is -0.370 e. The highest BCUT2D eigenvalue weighted by molar-refractivity contribution is 5.82. The number of nitrogens with one attached hydrogen (secondary N) is 2. The zero-order valence-electron chi connectivity index (χ0n) is 13.5. The lowest BCUT2D eigenvalue weighted by Crippen LogP contribution is -2.47. The van der Waals surface area contributed by atoms with Gasteiger partial charge in [-0.05, 0) is 13.0 Å². The smallest absolute Gasteiger partial charge is 0.227 e. The van der Waals surface area contributed by atoms with Crippen LogP contribution >= 0.6 is 0 Å². The predicted molar refractivity (Wildman–Crippen MR) is 92.3 cm³/mol. The number of fused-ring (bicyclic) bond motifs is 1. The van der Waals surface area contributed by atoms with Gasteiger partial charge in [0.1, 0.15) is 17.7 Å². The molecule has 0 unspecified atom stereocenters. The molecule has 0 aliphatic carbocycles. The van der Waals surface area contributed by atoms with Gasteiger partial charge in [-0.25, -0.2) is 19.9 Å². The summed E-state index contributed by atoms with van der Waals surface area (Å²) in [5.74, 6) is 2.53. The van der Waals surface area contributed by atoms with Gasteiger partial charge in [0, 0.05) is 38.9 Å². The van der Waals surface area contributed by atoms with Gasteiger partial charge in [0.15, 0.2) is 11.5 Å². The molecule has 1 aliphatic rings. The molecular formula is C15H19N9.